The zero-order valence-corrected chi connectivity index (χ0v) is 14.5. The highest BCUT2D eigenvalue weighted by atomic mass is 35.5. The van der Waals surface area contributed by atoms with E-state index in [1.807, 2.05) is 42.7 Å². The van der Waals surface area contributed by atoms with Gasteiger partial charge in [-0.15, -0.1) is 11.3 Å². The van der Waals surface area contributed by atoms with Crippen molar-refractivity contribution >= 4 is 44.8 Å². The van der Waals surface area contributed by atoms with E-state index in [1.54, 1.807) is 11.3 Å². The van der Waals surface area contributed by atoms with Crippen LogP contribution in [0, 0.1) is 13.8 Å². The number of allylic oxidation sites excluding steroid dienone is 1. The number of aromatic nitrogens is 2. The lowest BCUT2D eigenvalue weighted by molar-refractivity contribution is 0.726. The molecule has 116 valence electrons. The molecule has 5 heteroatoms. The largest absolute Gasteiger partial charge is 0.292 e. The molecule has 1 aliphatic heterocycles. The minimum Gasteiger partial charge on any atom is -0.292 e. The van der Waals surface area contributed by atoms with E-state index in [2.05, 4.69) is 6.08 Å². The molecule has 0 bridgehead atoms. The fourth-order valence-corrected chi connectivity index (χ4v) is 4.17. The standard InChI is InChI=1S/C18H15ClN2OS/c1-10-11(2)23-17-15(10)18(22)21-8-7-13(16(21)20-17)9-12-3-5-14(19)6-4-12/h3-6,9H,7-8H2,1-2H3/b13-9-. The molecule has 0 saturated carbocycles. The molecule has 0 N–H and O–H groups in total. The van der Waals surface area contributed by atoms with E-state index in [4.69, 9.17) is 16.6 Å². The highest BCUT2D eigenvalue weighted by molar-refractivity contribution is 7.18. The van der Waals surface area contributed by atoms with Crippen molar-refractivity contribution in [1.29, 1.82) is 0 Å². The second-order valence-corrected chi connectivity index (χ2v) is 7.47. The summed E-state index contributed by atoms with van der Waals surface area (Å²) < 4.78 is 1.81. The third-order valence-corrected chi connectivity index (χ3v) is 5.74. The van der Waals surface area contributed by atoms with E-state index in [0.29, 0.717) is 6.54 Å². The maximum Gasteiger partial charge on any atom is 0.262 e. The molecule has 4 rings (SSSR count). The van der Waals surface area contributed by atoms with Gasteiger partial charge in [0.25, 0.3) is 5.56 Å². The Morgan fingerprint density at radius 1 is 1.26 bits per heavy atom. The van der Waals surface area contributed by atoms with E-state index in [9.17, 15) is 4.79 Å². The number of fused-ring (bicyclic) bond motifs is 2. The minimum atomic E-state index is 0.0892. The molecule has 3 aromatic rings. The number of hydrogen-bond donors (Lipinski definition) is 0. The fraction of sp³-hybridized carbons (Fsp3) is 0.222. The van der Waals surface area contributed by atoms with Crippen molar-refractivity contribution in [2.75, 3.05) is 0 Å². The molecule has 1 aromatic carbocycles. The highest BCUT2D eigenvalue weighted by Gasteiger charge is 2.23. The quantitative estimate of drug-likeness (QED) is 0.644. The van der Waals surface area contributed by atoms with Gasteiger partial charge >= 0.3 is 0 Å². The molecule has 3 heterocycles. The Hall–Kier alpha value is -1.91. The monoisotopic (exact) mass is 342 g/mol. The second kappa shape index (κ2) is 5.32. The van der Waals surface area contributed by atoms with Crippen LogP contribution in [0.1, 0.15) is 28.2 Å². The summed E-state index contributed by atoms with van der Waals surface area (Å²) in [6, 6.07) is 7.71. The number of halogens is 1. The zero-order chi connectivity index (χ0) is 16.1. The van der Waals surface area contributed by atoms with Gasteiger partial charge in [0.05, 0.1) is 5.39 Å². The molecule has 0 aliphatic carbocycles. The van der Waals surface area contributed by atoms with Gasteiger partial charge in [0.2, 0.25) is 0 Å². The van der Waals surface area contributed by atoms with Crippen LogP contribution in [0.15, 0.2) is 29.1 Å². The SMILES string of the molecule is Cc1sc2nc3n(c(=O)c2c1C)CC/C3=C/c1ccc(Cl)cc1. The van der Waals surface area contributed by atoms with Gasteiger partial charge in [0.15, 0.2) is 0 Å². The Bertz CT molecular complexity index is 1010. The molecule has 2 aromatic heterocycles. The third kappa shape index (κ3) is 2.33. The van der Waals surface area contributed by atoms with Gasteiger partial charge in [-0.05, 0) is 55.2 Å². The third-order valence-electron chi connectivity index (χ3n) is 4.39. The summed E-state index contributed by atoms with van der Waals surface area (Å²) in [5, 5.41) is 1.50. The molecule has 3 nitrogen and oxygen atoms in total. The Morgan fingerprint density at radius 2 is 2.00 bits per heavy atom. The van der Waals surface area contributed by atoms with E-state index in [-0.39, 0.29) is 5.56 Å². The molecule has 1 aliphatic rings. The first-order valence-electron chi connectivity index (χ1n) is 7.51. The predicted molar refractivity (Wildman–Crippen MR) is 97.3 cm³/mol. The van der Waals surface area contributed by atoms with Crippen LogP contribution in [0.25, 0.3) is 21.9 Å². The molecule has 23 heavy (non-hydrogen) atoms. The Labute approximate surface area is 142 Å². The summed E-state index contributed by atoms with van der Waals surface area (Å²) in [5.41, 5.74) is 3.33. The van der Waals surface area contributed by atoms with Crippen molar-refractivity contribution in [1.82, 2.24) is 9.55 Å². The van der Waals surface area contributed by atoms with E-state index < -0.39 is 0 Å². The molecule has 0 amide bonds. The molecular weight excluding hydrogens is 328 g/mol. The molecular formula is C18H15ClN2OS. The van der Waals surface area contributed by atoms with E-state index >= 15 is 0 Å². The predicted octanol–water partition coefficient (Wildman–Crippen LogP) is 4.67. The van der Waals surface area contributed by atoms with Crippen molar-refractivity contribution in [2.45, 2.75) is 26.8 Å². The first kappa shape index (κ1) is 14.7. The van der Waals surface area contributed by atoms with Crippen molar-refractivity contribution < 1.29 is 0 Å². The first-order chi connectivity index (χ1) is 11.0. The number of benzene rings is 1. The molecule has 0 saturated heterocycles. The van der Waals surface area contributed by atoms with Crippen molar-refractivity contribution in [3.8, 4) is 0 Å². The van der Waals surface area contributed by atoms with Gasteiger partial charge < -0.3 is 0 Å². The van der Waals surface area contributed by atoms with E-state index in [0.717, 1.165) is 49.1 Å². The maximum absolute atomic E-state index is 12.8. The fourth-order valence-electron chi connectivity index (χ4n) is 3.02. The van der Waals surface area contributed by atoms with Gasteiger partial charge in [-0.1, -0.05) is 23.7 Å². The summed E-state index contributed by atoms with van der Waals surface area (Å²) >= 11 is 7.54. The van der Waals surface area contributed by atoms with Crippen LogP contribution < -0.4 is 5.56 Å². The molecule has 0 fully saturated rings. The van der Waals surface area contributed by atoms with Crippen molar-refractivity contribution in [3.05, 3.63) is 61.5 Å². The Kier molecular flexibility index (Phi) is 3.39. The average molecular weight is 343 g/mol. The van der Waals surface area contributed by atoms with Crippen LogP contribution in [0.4, 0.5) is 0 Å². The normalized spacial score (nSPS) is 15.5. The lowest BCUT2D eigenvalue weighted by Crippen LogP contribution is -2.20. The molecule has 0 atom stereocenters. The summed E-state index contributed by atoms with van der Waals surface area (Å²) in [4.78, 5) is 19.6. The molecule has 0 spiro atoms. The van der Waals surface area contributed by atoms with Gasteiger partial charge in [-0.3, -0.25) is 9.36 Å². The summed E-state index contributed by atoms with van der Waals surface area (Å²) in [6.45, 7) is 4.75. The van der Waals surface area contributed by atoms with Crippen LogP contribution >= 0.6 is 22.9 Å². The minimum absolute atomic E-state index is 0.0892. The van der Waals surface area contributed by atoms with Crippen LogP contribution in [0.3, 0.4) is 0 Å². The van der Waals surface area contributed by atoms with Crippen LogP contribution in [0.5, 0.6) is 0 Å². The van der Waals surface area contributed by atoms with Crippen molar-refractivity contribution in [2.24, 2.45) is 0 Å². The van der Waals surface area contributed by atoms with Gasteiger partial charge in [-0.25, -0.2) is 4.98 Å². The second-order valence-electron chi connectivity index (χ2n) is 5.83. The highest BCUT2D eigenvalue weighted by Crippen LogP contribution is 2.32. The lowest BCUT2D eigenvalue weighted by atomic mass is 10.1. The number of thiophene rings is 1. The van der Waals surface area contributed by atoms with Crippen molar-refractivity contribution in [3.63, 3.8) is 0 Å². The topological polar surface area (TPSA) is 34.9 Å². The van der Waals surface area contributed by atoms with Crippen LogP contribution in [0.2, 0.25) is 5.02 Å². The van der Waals surface area contributed by atoms with Gasteiger partial charge in [-0.2, -0.15) is 0 Å². The number of hydrogen-bond acceptors (Lipinski definition) is 3. The summed E-state index contributed by atoms with van der Waals surface area (Å²) in [7, 11) is 0. The number of aryl methyl sites for hydroxylation is 2. The number of nitrogens with zero attached hydrogens (tertiary/aromatic N) is 2. The maximum atomic E-state index is 12.8. The van der Waals surface area contributed by atoms with Gasteiger partial charge in [0, 0.05) is 16.4 Å². The van der Waals surface area contributed by atoms with Gasteiger partial charge in [0.1, 0.15) is 10.7 Å². The Morgan fingerprint density at radius 3 is 2.74 bits per heavy atom. The number of rotatable bonds is 1. The smallest absolute Gasteiger partial charge is 0.262 e. The summed E-state index contributed by atoms with van der Waals surface area (Å²) in [5.74, 6) is 0.804. The average Bonchev–Trinajstić information content (AvgIpc) is 3.05. The van der Waals surface area contributed by atoms with Crippen LogP contribution in [-0.4, -0.2) is 9.55 Å². The molecule has 0 radical (unpaired) electrons. The molecule has 0 unspecified atom stereocenters. The zero-order valence-electron chi connectivity index (χ0n) is 12.9. The van der Waals surface area contributed by atoms with E-state index in [1.165, 1.54) is 0 Å². The lowest BCUT2D eigenvalue weighted by Gasteiger charge is -2.03. The van der Waals surface area contributed by atoms with Crippen LogP contribution in [-0.2, 0) is 6.54 Å². The summed E-state index contributed by atoms with van der Waals surface area (Å²) in [6.07, 6.45) is 2.93. The Balaban J connectivity index is 1.90. The first-order valence-corrected chi connectivity index (χ1v) is 8.71.